The molecule has 1 atom stereocenters. The maximum absolute atomic E-state index is 12.1. The molecule has 9 heteroatoms. The van der Waals surface area contributed by atoms with Crippen LogP contribution in [0.1, 0.15) is 18.7 Å². The van der Waals surface area contributed by atoms with Crippen molar-refractivity contribution < 1.29 is 14.3 Å². The smallest absolute Gasteiger partial charge is 0.319 e. The third-order valence-corrected chi connectivity index (χ3v) is 3.77. The van der Waals surface area contributed by atoms with Crippen LogP contribution in [0, 0.1) is 6.92 Å². The van der Waals surface area contributed by atoms with Gasteiger partial charge in [-0.25, -0.2) is 4.79 Å². The van der Waals surface area contributed by atoms with Crippen molar-refractivity contribution in [2.24, 2.45) is 0 Å². The van der Waals surface area contributed by atoms with Crippen molar-refractivity contribution in [2.75, 3.05) is 25.6 Å². The number of ether oxygens (including phenoxy) is 2. The summed E-state index contributed by atoms with van der Waals surface area (Å²) in [6, 6.07) is 5.00. The molecule has 1 saturated heterocycles. The van der Waals surface area contributed by atoms with Crippen LogP contribution >= 0.6 is 0 Å². The van der Waals surface area contributed by atoms with E-state index >= 15 is 0 Å². The number of hydrogen-bond acceptors (Lipinski definition) is 6. The molecule has 1 aliphatic heterocycles. The first-order valence-corrected chi connectivity index (χ1v) is 7.76. The Morgan fingerprint density at radius 1 is 1.46 bits per heavy atom. The molecule has 1 unspecified atom stereocenters. The topological polar surface area (TPSA) is 103 Å². The van der Waals surface area contributed by atoms with Crippen LogP contribution < -0.4 is 15.4 Å². The van der Waals surface area contributed by atoms with Crippen LogP contribution in [0.25, 0.3) is 5.69 Å². The van der Waals surface area contributed by atoms with Gasteiger partial charge in [-0.15, -0.1) is 5.10 Å². The summed E-state index contributed by atoms with van der Waals surface area (Å²) in [4.78, 5) is 12.1. The average Bonchev–Trinajstić information content (AvgIpc) is 3.24. The van der Waals surface area contributed by atoms with Gasteiger partial charge in [0.05, 0.1) is 18.9 Å². The Hall–Kier alpha value is -2.68. The number of urea groups is 1. The molecule has 1 fully saturated rings. The van der Waals surface area contributed by atoms with E-state index < -0.39 is 0 Å². The van der Waals surface area contributed by atoms with Crippen LogP contribution in [0.4, 0.5) is 10.5 Å². The number of methoxy groups -OCH3 is 1. The summed E-state index contributed by atoms with van der Waals surface area (Å²) in [7, 11) is 1.56. The zero-order valence-corrected chi connectivity index (χ0v) is 13.7. The van der Waals surface area contributed by atoms with Crippen LogP contribution in [0.3, 0.4) is 0 Å². The first-order valence-electron chi connectivity index (χ1n) is 7.76. The normalized spacial score (nSPS) is 16.8. The second-order valence-electron chi connectivity index (χ2n) is 5.53. The van der Waals surface area contributed by atoms with E-state index in [2.05, 4.69) is 26.2 Å². The van der Waals surface area contributed by atoms with Crippen molar-refractivity contribution in [1.29, 1.82) is 0 Å². The van der Waals surface area contributed by atoms with Gasteiger partial charge in [0, 0.05) is 31.0 Å². The minimum absolute atomic E-state index is 0.0977. The maximum atomic E-state index is 12.1. The number of nitrogens with zero attached hydrogens (tertiary/aromatic N) is 4. The lowest BCUT2D eigenvalue weighted by atomic mass is 10.2. The molecule has 0 saturated carbocycles. The Morgan fingerprint density at radius 2 is 2.33 bits per heavy atom. The Balaban J connectivity index is 1.70. The molecule has 1 aromatic carbocycles. The Morgan fingerprint density at radius 3 is 3.00 bits per heavy atom. The van der Waals surface area contributed by atoms with Crippen LogP contribution in [0.15, 0.2) is 18.2 Å². The van der Waals surface area contributed by atoms with E-state index in [1.165, 1.54) is 0 Å². The third kappa shape index (κ3) is 3.80. The van der Waals surface area contributed by atoms with Gasteiger partial charge in [-0.05, 0) is 36.3 Å². The first kappa shape index (κ1) is 16.2. The van der Waals surface area contributed by atoms with Crippen LogP contribution in [0.2, 0.25) is 0 Å². The highest BCUT2D eigenvalue weighted by molar-refractivity contribution is 5.89. The van der Waals surface area contributed by atoms with Gasteiger partial charge in [-0.3, -0.25) is 0 Å². The number of aryl methyl sites for hydroxylation is 1. The molecule has 128 valence electrons. The van der Waals surface area contributed by atoms with Gasteiger partial charge in [0.2, 0.25) is 0 Å². The molecule has 2 aromatic rings. The summed E-state index contributed by atoms with van der Waals surface area (Å²) in [5.41, 5.74) is 1.29. The molecular formula is C15H20N6O3. The molecule has 24 heavy (non-hydrogen) atoms. The lowest BCUT2D eigenvalue weighted by molar-refractivity contribution is 0.112. The van der Waals surface area contributed by atoms with E-state index in [-0.39, 0.29) is 12.1 Å². The summed E-state index contributed by atoms with van der Waals surface area (Å²) in [6.07, 6.45) is 2.11. The number of anilines is 1. The molecule has 1 aromatic heterocycles. The summed E-state index contributed by atoms with van der Waals surface area (Å²) >= 11 is 0. The number of carbonyl (C=O) groups excluding carboxylic acids is 1. The third-order valence-electron chi connectivity index (χ3n) is 3.77. The standard InChI is InChI=1S/C15H20N6O3/c1-10-18-19-20-21(10)12-6-11(7-14(8-12)23-2)17-15(22)16-9-13-4-3-5-24-13/h6-8,13H,3-5,9H2,1-2H3,(H2,16,17,22). The largest absolute Gasteiger partial charge is 0.497 e. The lowest BCUT2D eigenvalue weighted by Crippen LogP contribution is -2.35. The number of amides is 2. The molecule has 0 aliphatic carbocycles. The Labute approximate surface area is 139 Å². The monoisotopic (exact) mass is 332 g/mol. The van der Waals surface area contributed by atoms with E-state index in [1.54, 1.807) is 36.9 Å². The van der Waals surface area contributed by atoms with Crippen molar-refractivity contribution in [3.63, 3.8) is 0 Å². The molecule has 1 aliphatic rings. The van der Waals surface area contributed by atoms with E-state index in [1.807, 2.05) is 0 Å². The van der Waals surface area contributed by atoms with Gasteiger partial charge >= 0.3 is 6.03 Å². The van der Waals surface area contributed by atoms with E-state index in [4.69, 9.17) is 9.47 Å². The van der Waals surface area contributed by atoms with Gasteiger partial charge in [0.15, 0.2) is 5.82 Å². The number of nitrogens with one attached hydrogen (secondary N) is 2. The number of aromatic nitrogens is 4. The van der Waals surface area contributed by atoms with Gasteiger partial charge in [0.25, 0.3) is 0 Å². The van der Waals surface area contributed by atoms with Gasteiger partial charge in [-0.1, -0.05) is 0 Å². The van der Waals surface area contributed by atoms with Crippen LogP contribution in [0.5, 0.6) is 5.75 Å². The number of hydrogen-bond donors (Lipinski definition) is 2. The fourth-order valence-electron chi connectivity index (χ4n) is 2.55. The van der Waals surface area contributed by atoms with Gasteiger partial charge in [-0.2, -0.15) is 4.68 Å². The van der Waals surface area contributed by atoms with E-state index in [0.29, 0.717) is 29.5 Å². The minimum atomic E-state index is -0.293. The molecule has 0 bridgehead atoms. The maximum Gasteiger partial charge on any atom is 0.319 e. The zero-order valence-electron chi connectivity index (χ0n) is 13.7. The highest BCUT2D eigenvalue weighted by Gasteiger charge is 2.16. The summed E-state index contributed by atoms with van der Waals surface area (Å²) in [5.74, 6) is 1.23. The van der Waals surface area contributed by atoms with Crippen molar-refractivity contribution in [1.82, 2.24) is 25.5 Å². The fraction of sp³-hybridized carbons (Fsp3) is 0.467. The average molecular weight is 332 g/mol. The molecule has 2 N–H and O–H groups in total. The molecular weight excluding hydrogens is 312 g/mol. The molecule has 9 nitrogen and oxygen atoms in total. The first-order chi connectivity index (χ1) is 11.7. The second-order valence-corrected chi connectivity index (χ2v) is 5.53. The Kier molecular flexibility index (Phi) is 4.90. The summed E-state index contributed by atoms with van der Waals surface area (Å²) < 4.78 is 12.3. The van der Waals surface area contributed by atoms with Crippen molar-refractivity contribution >= 4 is 11.7 Å². The predicted octanol–water partition coefficient (Wildman–Crippen LogP) is 1.28. The number of tetrazole rings is 1. The molecule has 3 rings (SSSR count). The number of benzene rings is 1. The van der Waals surface area contributed by atoms with E-state index in [0.717, 1.165) is 19.4 Å². The number of carbonyl (C=O) groups is 1. The van der Waals surface area contributed by atoms with Gasteiger partial charge in [0.1, 0.15) is 5.75 Å². The van der Waals surface area contributed by atoms with Crippen LogP contribution in [-0.2, 0) is 4.74 Å². The van der Waals surface area contributed by atoms with E-state index in [9.17, 15) is 4.79 Å². The van der Waals surface area contributed by atoms with Crippen molar-refractivity contribution in [3.8, 4) is 11.4 Å². The van der Waals surface area contributed by atoms with Crippen LogP contribution in [-0.4, -0.2) is 52.6 Å². The highest BCUT2D eigenvalue weighted by atomic mass is 16.5. The molecule has 2 amide bonds. The predicted molar refractivity (Wildman–Crippen MR) is 86.4 cm³/mol. The number of rotatable bonds is 5. The molecule has 0 spiro atoms. The quantitative estimate of drug-likeness (QED) is 0.855. The highest BCUT2D eigenvalue weighted by Crippen LogP contribution is 2.23. The summed E-state index contributed by atoms with van der Waals surface area (Å²) in [5, 5.41) is 17.0. The molecule has 0 radical (unpaired) electrons. The van der Waals surface area contributed by atoms with Crippen molar-refractivity contribution in [2.45, 2.75) is 25.9 Å². The zero-order chi connectivity index (χ0) is 16.9. The summed E-state index contributed by atoms with van der Waals surface area (Å²) in [6.45, 7) is 3.05. The van der Waals surface area contributed by atoms with Crippen molar-refractivity contribution in [3.05, 3.63) is 24.0 Å². The van der Waals surface area contributed by atoms with Gasteiger partial charge < -0.3 is 20.1 Å². The SMILES string of the molecule is COc1cc(NC(=O)NCC2CCCO2)cc(-n2nnnc2C)c1. The lowest BCUT2D eigenvalue weighted by Gasteiger charge is -2.13. The fourth-order valence-corrected chi connectivity index (χ4v) is 2.55. The molecule has 2 heterocycles. The Bertz CT molecular complexity index is 711. The second kappa shape index (κ2) is 7.26. The minimum Gasteiger partial charge on any atom is -0.497 e.